The van der Waals surface area contributed by atoms with Gasteiger partial charge in [0.25, 0.3) is 0 Å². The molecular formula is C8H16F2O2Si. The molecule has 2 nitrogen and oxygen atoms in total. The third kappa shape index (κ3) is 3.84. The molecule has 0 bridgehead atoms. The average Bonchev–Trinajstić information content (AvgIpc) is 1.98. The molecule has 0 saturated carbocycles. The van der Waals surface area contributed by atoms with E-state index in [4.69, 9.17) is 0 Å². The molecule has 0 unspecified atom stereocenters. The van der Waals surface area contributed by atoms with Crippen LogP contribution in [0.25, 0.3) is 0 Å². The largest absolute Gasteiger partial charge is 0.469 e. The van der Waals surface area contributed by atoms with Crippen molar-refractivity contribution in [3.8, 4) is 0 Å². The Bertz CT molecular complexity index is 187. The molecule has 0 aliphatic carbocycles. The maximum atomic E-state index is 13.3. The number of methoxy groups -OCH3 is 1. The summed E-state index contributed by atoms with van der Waals surface area (Å²) in [6, 6.07) is 0. The van der Waals surface area contributed by atoms with Gasteiger partial charge in [0.15, 0.2) is 0 Å². The van der Waals surface area contributed by atoms with Crippen LogP contribution in [0.1, 0.15) is 12.8 Å². The Hall–Kier alpha value is -0.453. The van der Waals surface area contributed by atoms with Crippen molar-refractivity contribution in [2.75, 3.05) is 7.11 Å². The lowest BCUT2D eigenvalue weighted by molar-refractivity contribution is -0.141. The van der Waals surface area contributed by atoms with Crippen molar-refractivity contribution in [3.63, 3.8) is 0 Å². The zero-order chi connectivity index (χ0) is 10.7. The summed E-state index contributed by atoms with van der Waals surface area (Å²) in [5.41, 5.74) is -2.69. The molecule has 0 atom stereocenters. The van der Waals surface area contributed by atoms with Gasteiger partial charge in [0.05, 0.1) is 13.5 Å². The molecule has 0 heterocycles. The second kappa shape index (κ2) is 4.17. The Morgan fingerprint density at radius 2 is 1.85 bits per heavy atom. The number of alkyl halides is 2. The fourth-order valence-electron chi connectivity index (χ4n) is 0.736. The zero-order valence-corrected chi connectivity index (χ0v) is 9.49. The van der Waals surface area contributed by atoms with Gasteiger partial charge in [-0.2, -0.15) is 0 Å². The molecule has 0 saturated heterocycles. The lowest BCUT2D eigenvalue weighted by Crippen LogP contribution is -2.45. The van der Waals surface area contributed by atoms with Crippen molar-refractivity contribution < 1.29 is 18.3 Å². The van der Waals surface area contributed by atoms with Crippen LogP contribution in [0.4, 0.5) is 8.78 Å². The molecule has 0 radical (unpaired) electrons. The average molecular weight is 210 g/mol. The normalized spacial score (nSPS) is 12.8. The first-order chi connectivity index (χ1) is 5.70. The van der Waals surface area contributed by atoms with Crippen molar-refractivity contribution in [1.29, 1.82) is 0 Å². The number of halogens is 2. The zero-order valence-electron chi connectivity index (χ0n) is 8.49. The molecule has 0 rings (SSSR count). The highest BCUT2D eigenvalue weighted by Gasteiger charge is 2.44. The Morgan fingerprint density at radius 1 is 1.38 bits per heavy atom. The van der Waals surface area contributed by atoms with Gasteiger partial charge in [-0.25, -0.2) is 8.78 Å². The first kappa shape index (κ1) is 12.5. The number of hydrogen-bond acceptors (Lipinski definition) is 2. The predicted molar refractivity (Wildman–Crippen MR) is 49.5 cm³/mol. The van der Waals surface area contributed by atoms with Crippen LogP contribution >= 0.6 is 0 Å². The third-order valence-corrected chi connectivity index (χ3v) is 4.41. The van der Waals surface area contributed by atoms with Gasteiger partial charge >= 0.3 is 5.97 Å². The molecule has 5 heteroatoms. The molecule has 0 fully saturated rings. The van der Waals surface area contributed by atoms with E-state index >= 15 is 0 Å². The molecule has 0 aromatic rings. The van der Waals surface area contributed by atoms with Crippen LogP contribution in [0, 0.1) is 0 Å². The molecule has 0 aromatic heterocycles. The Labute approximate surface area is 78.3 Å². The van der Waals surface area contributed by atoms with E-state index in [9.17, 15) is 13.6 Å². The van der Waals surface area contributed by atoms with Crippen molar-refractivity contribution in [3.05, 3.63) is 0 Å². The van der Waals surface area contributed by atoms with Gasteiger partial charge < -0.3 is 4.74 Å². The smallest absolute Gasteiger partial charge is 0.305 e. The second-order valence-corrected chi connectivity index (χ2v) is 9.26. The molecule has 0 N–H and O–H groups in total. The topological polar surface area (TPSA) is 26.3 Å². The molecule has 0 aliphatic rings. The minimum absolute atomic E-state index is 0.201. The second-order valence-electron chi connectivity index (χ2n) is 4.03. The molecular weight excluding hydrogens is 194 g/mol. The lowest BCUT2D eigenvalue weighted by Gasteiger charge is -2.28. The first-order valence-electron chi connectivity index (χ1n) is 4.15. The predicted octanol–water partition coefficient (Wildman–Crippen LogP) is 2.45. The van der Waals surface area contributed by atoms with Crippen LogP contribution in [0.3, 0.4) is 0 Å². The van der Waals surface area contributed by atoms with Gasteiger partial charge in [-0.3, -0.25) is 4.79 Å². The lowest BCUT2D eigenvalue weighted by atomic mass is 10.3. The van der Waals surface area contributed by atoms with Crippen LogP contribution < -0.4 is 0 Å². The number of esters is 1. The van der Waals surface area contributed by atoms with Gasteiger partial charge in [-0.1, -0.05) is 19.6 Å². The summed E-state index contributed by atoms with van der Waals surface area (Å²) < 4.78 is 30.9. The number of hydrogen-bond donors (Lipinski definition) is 0. The molecule has 0 amide bonds. The maximum absolute atomic E-state index is 13.3. The summed E-state index contributed by atoms with van der Waals surface area (Å²) in [7, 11) is -1.30. The SMILES string of the molecule is COC(=O)CCC(F)(F)[Si](C)(C)C. The highest BCUT2D eigenvalue weighted by molar-refractivity contribution is 6.78. The van der Waals surface area contributed by atoms with Crippen LogP contribution in [-0.4, -0.2) is 26.7 Å². The molecule has 0 aliphatic heterocycles. The Balaban J connectivity index is 4.12. The minimum atomic E-state index is -2.69. The Morgan fingerprint density at radius 3 is 2.15 bits per heavy atom. The van der Waals surface area contributed by atoms with E-state index in [0.29, 0.717) is 0 Å². The summed E-state index contributed by atoms with van der Waals surface area (Å²) in [5, 5.41) is 0. The van der Waals surface area contributed by atoms with E-state index in [1.165, 1.54) is 7.11 Å². The van der Waals surface area contributed by atoms with E-state index < -0.39 is 26.0 Å². The highest BCUT2D eigenvalue weighted by atomic mass is 28.3. The third-order valence-electron chi connectivity index (χ3n) is 1.97. The van der Waals surface area contributed by atoms with E-state index in [-0.39, 0.29) is 6.42 Å². The maximum Gasteiger partial charge on any atom is 0.305 e. The van der Waals surface area contributed by atoms with E-state index in [1.54, 1.807) is 19.6 Å². The van der Waals surface area contributed by atoms with E-state index in [1.807, 2.05) is 0 Å². The monoisotopic (exact) mass is 210 g/mol. The van der Waals surface area contributed by atoms with Gasteiger partial charge in [0, 0.05) is 6.42 Å². The van der Waals surface area contributed by atoms with Crippen LogP contribution in [0.5, 0.6) is 0 Å². The quantitative estimate of drug-likeness (QED) is 0.526. The van der Waals surface area contributed by atoms with E-state index in [0.717, 1.165) is 0 Å². The fourth-order valence-corrected chi connectivity index (χ4v) is 1.61. The van der Waals surface area contributed by atoms with Gasteiger partial charge in [-0.05, 0) is 0 Å². The van der Waals surface area contributed by atoms with Gasteiger partial charge in [0.2, 0.25) is 5.55 Å². The summed E-state index contributed by atoms with van der Waals surface area (Å²) in [6.07, 6.45) is -0.594. The summed E-state index contributed by atoms with van der Waals surface area (Å²) in [6.45, 7) is 4.76. The van der Waals surface area contributed by atoms with Crippen molar-refractivity contribution in [2.45, 2.75) is 38.0 Å². The van der Waals surface area contributed by atoms with Gasteiger partial charge in [-0.15, -0.1) is 0 Å². The Kier molecular flexibility index (Phi) is 4.03. The van der Waals surface area contributed by atoms with Crippen molar-refractivity contribution in [1.82, 2.24) is 0 Å². The fraction of sp³-hybridized carbons (Fsp3) is 0.875. The minimum Gasteiger partial charge on any atom is -0.469 e. The summed E-state index contributed by atoms with van der Waals surface area (Å²) >= 11 is 0. The number of carbonyl (C=O) groups excluding carboxylic acids is 1. The molecule has 13 heavy (non-hydrogen) atoms. The van der Waals surface area contributed by atoms with Crippen LogP contribution in [0.15, 0.2) is 0 Å². The first-order valence-corrected chi connectivity index (χ1v) is 7.65. The number of ether oxygens (including phenoxy) is 1. The number of rotatable bonds is 4. The summed E-state index contributed by atoms with van der Waals surface area (Å²) in [5.74, 6) is -0.571. The number of carbonyl (C=O) groups is 1. The van der Waals surface area contributed by atoms with Crippen molar-refractivity contribution >= 4 is 14.0 Å². The van der Waals surface area contributed by atoms with Crippen LogP contribution in [-0.2, 0) is 9.53 Å². The highest BCUT2D eigenvalue weighted by Crippen LogP contribution is 2.31. The molecule has 78 valence electrons. The molecule has 0 spiro atoms. The van der Waals surface area contributed by atoms with Crippen molar-refractivity contribution in [2.24, 2.45) is 0 Å². The van der Waals surface area contributed by atoms with E-state index in [2.05, 4.69) is 4.74 Å². The van der Waals surface area contributed by atoms with Crippen LogP contribution in [0.2, 0.25) is 19.6 Å². The molecule has 0 aromatic carbocycles. The standard InChI is InChI=1S/C8H16F2O2Si/c1-12-7(11)5-6-8(9,10)13(2,3)4/h5-6H2,1-4H3. The van der Waals surface area contributed by atoms with Gasteiger partial charge in [0.1, 0.15) is 8.07 Å². The summed E-state index contributed by atoms with van der Waals surface area (Å²) in [4.78, 5) is 10.6.